The van der Waals surface area contributed by atoms with E-state index >= 15 is 0 Å². The van der Waals surface area contributed by atoms with Gasteiger partial charge in [-0.3, -0.25) is 9.59 Å². The van der Waals surface area contributed by atoms with E-state index in [4.69, 9.17) is 15.2 Å². The van der Waals surface area contributed by atoms with Crippen LogP contribution in [0.5, 0.6) is 0 Å². The van der Waals surface area contributed by atoms with Gasteiger partial charge in [0.1, 0.15) is 30.2 Å². The van der Waals surface area contributed by atoms with Gasteiger partial charge in [-0.1, -0.05) is 30.3 Å². The maximum Gasteiger partial charge on any atom is 0.352 e. The van der Waals surface area contributed by atoms with Crippen LogP contribution in [0.3, 0.4) is 0 Å². The molecule has 0 aliphatic carbocycles. The number of nitrogens with two attached hydrogens (primary N) is 1. The average molecular weight is 517 g/mol. The van der Waals surface area contributed by atoms with Gasteiger partial charge in [-0.15, -0.1) is 0 Å². The van der Waals surface area contributed by atoms with Crippen LogP contribution in [0.25, 0.3) is 17.1 Å². The van der Waals surface area contributed by atoms with Gasteiger partial charge in [-0.05, 0) is 35.9 Å². The van der Waals surface area contributed by atoms with E-state index in [1.807, 2.05) is 30.3 Å². The van der Waals surface area contributed by atoms with E-state index in [-0.39, 0.29) is 29.1 Å². The molecule has 5 rings (SSSR count). The Kier molecular flexibility index (Phi) is 6.56. The third-order valence-corrected chi connectivity index (χ3v) is 5.93. The summed E-state index contributed by atoms with van der Waals surface area (Å²) in [6.45, 7) is 0. The summed E-state index contributed by atoms with van der Waals surface area (Å²) in [5.41, 5.74) is 7.04. The van der Waals surface area contributed by atoms with Crippen LogP contribution in [-0.4, -0.2) is 38.4 Å². The first kappa shape index (κ1) is 24.6. The van der Waals surface area contributed by atoms with Gasteiger partial charge in [0.15, 0.2) is 5.82 Å². The molecule has 0 fully saturated rings. The number of rotatable bonds is 8. The molecule has 1 unspecified atom stereocenters. The smallest absolute Gasteiger partial charge is 0.352 e. The second-order valence-corrected chi connectivity index (χ2v) is 8.43. The average Bonchev–Trinajstić information content (AvgIpc) is 3.60. The molecule has 1 atom stereocenters. The number of carbonyl (C=O) groups excluding carboxylic acids is 2. The molecule has 0 bridgehead atoms. The zero-order valence-electron chi connectivity index (χ0n) is 19.8. The third kappa shape index (κ3) is 4.81. The molecule has 38 heavy (non-hydrogen) atoms. The summed E-state index contributed by atoms with van der Waals surface area (Å²) < 4.78 is 39.7. The maximum absolute atomic E-state index is 13.7. The Hall–Kier alpha value is -5.06. The lowest BCUT2D eigenvalue weighted by Gasteiger charge is -2.33. The Bertz CT molecular complexity index is 1490. The van der Waals surface area contributed by atoms with Gasteiger partial charge < -0.3 is 20.5 Å². The number of hydrogen-bond acceptors (Lipinski definition) is 6. The molecule has 1 aliphatic rings. The first-order valence-electron chi connectivity index (χ1n) is 11.5. The number of carbonyl (C=O) groups is 2. The number of aromatic nitrogens is 3. The highest BCUT2D eigenvalue weighted by Crippen LogP contribution is 2.28. The normalized spacial score (nSPS) is 14.4. The van der Waals surface area contributed by atoms with Crippen LogP contribution in [0.1, 0.15) is 15.9 Å². The Morgan fingerprint density at radius 2 is 1.71 bits per heavy atom. The summed E-state index contributed by atoms with van der Waals surface area (Å²) in [4.78, 5) is 30.3. The molecular weight excluding hydrogens is 496 g/mol. The van der Waals surface area contributed by atoms with Gasteiger partial charge in [-0.2, -0.15) is 5.10 Å². The number of pyridine rings is 1. The van der Waals surface area contributed by atoms with Crippen LogP contribution >= 0.6 is 0 Å². The number of hydrogen-bond donors (Lipinski definition) is 2. The molecule has 4 aromatic rings. The molecule has 0 saturated heterocycles. The van der Waals surface area contributed by atoms with Crippen LogP contribution in [0.4, 0.5) is 8.78 Å². The molecule has 3 N–H and O–H groups in total. The Labute approximate surface area is 215 Å². The highest BCUT2D eigenvalue weighted by atomic mass is 19.1. The largest absolute Gasteiger partial charge is 0.447 e. The molecule has 0 radical (unpaired) electrons. The van der Waals surface area contributed by atoms with Crippen molar-refractivity contribution in [2.75, 3.05) is 0 Å². The van der Waals surface area contributed by atoms with E-state index in [0.717, 1.165) is 23.8 Å². The van der Waals surface area contributed by atoms with Crippen molar-refractivity contribution >= 4 is 11.8 Å². The fourth-order valence-corrected chi connectivity index (χ4v) is 4.16. The lowest BCUT2D eigenvalue weighted by atomic mass is 9.97. The van der Waals surface area contributed by atoms with Crippen molar-refractivity contribution in [1.29, 1.82) is 0 Å². The monoisotopic (exact) mass is 517 g/mol. The number of nitrogens with zero attached hydrogens (tertiary/aromatic N) is 3. The van der Waals surface area contributed by atoms with Gasteiger partial charge in [0.2, 0.25) is 0 Å². The van der Waals surface area contributed by atoms with Crippen molar-refractivity contribution < 1.29 is 27.8 Å². The predicted molar refractivity (Wildman–Crippen MR) is 131 cm³/mol. The summed E-state index contributed by atoms with van der Waals surface area (Å²) in [6, 6.07) is 15.8. The van der Waals surface area contributed by atoms with Crippen molar-refractivity contribution in [3.8, 4) is 17.1 Å². The molecule has 0 spiro atoms. The lowest BCUT2D eigenvalue weighted by Crippen LogP contribution is -2.61. The molecule has 0 saturated carbocycles. The zero-order chi connectivity index (χ0) is 26.7. The number of halogens is 2. The minimum atomic E-state index is -1.96. The number of benzene rings is 2. The second-order valence-electron chi connectivity index (χ2n) is 8.43. The van der Waals surface area contributed by atoms with E-state index in [2.05, 4.69) is 15.4 Å². The van der Waals surface area contributed by atoms with Crippen molar-refractivity contribution in [3.05, 3.63) is 114 Å². The van der Waals surface area contributed by atoms with Gasteiger partial charge in [-0.25, -0.2) is 18.4 Å². The third-order valence-electron chi connectivity index (χ3n) is 5.93. The maximum atomic E-state index is 13.7. The molecule has 192 valence electrons. The van der Waals surface area contributed by atoms with Gasteiger partial charge >= 0.3 is 11.7 Å². The van der Waals surface area contributed by atoms with Crippen LogP contribution in [0, 0.1) is 11.6 Å². The summed E-state index contributed by atoms with van der Waals surface area (Å²) in [6.07, 6.45) is 5.51. The van der Waals surface area contributed by atoms with E-state index in [1.54, 1.807) is 6.07 Å². The Morgan fingerprint density at radius 1 is 1.00 bits per heavy atom. The van der Waals surface area contributed by atoms with Crippen molar-refractivity contribution in [2.24, 2.45) is 5.73 Å². The van der Waals surface area contributed by atoms with Crippen LogP contribution in [0.2, 0.25) is 0 Å². The lowest BCUT2D eigenvalue weighted by molar-refractivity contribution is -0.182. The Balaban J connectivity index is 1.47. The summed E-state index contributed by atoms with van der Waals surface area (Å²) >= 11 is 0. The van der Waals surface area contributed by atoms with Crippen LogP contribution in [0.15, 0.2) is 91.6 Å². The minimum absolute atomic E-state index is 0.108. The fraction of sp³-hybridized carbons (Fsp3) is 0.111. The Morgan fingerprint density at radius 3 is 2.39 bits per heavy atom. The number of primary amides is 1. The molecule has 2 amide bonds. The molecule has 2 aromatic heterocycles. The summed E-state index contributed by atoms with van der Waals surface area (Å²) in [7, 11) is 0. The number of amides is 2. The standard InChI is InChI=1S/C27H21F2N5O4/c28-19-14-18(15-20(29)16-19)22-8-10-34(33-22)24-21(7-4-9-31-24)25(35)32-23(13-17-5-2-1-3-6-17)27(26(30)36)37-11-12-38-27/h1-12,14-16,23H,13H2,(H2,30,36)(H,32,35). The van der Waals surface area contributed by atoms with E-state index in [9.17, 15) is 18.4 Å². The molecule has 2 aromatic carbocycles. The van der Waals surface area contributed by atoms with Crippen molar-refractivity contribution in [3.63, 3.8) is 0 Å². The SMILES string of the molecule is NC(=O)C1(C(Cc2ccccc2)NC(=O)c2cccnc2-n2ccc(-c3cc(F)cc(F)c3)n2)OC=CO1. The first-order valence-corrected chi connectivity index (χ1v) is 11.5. The van der Waals surface area contributed by atoms with Crippen LogP contribution < -0.4 is 11.1 Å². The van der Waals surface area contributed by atoms with E-state index < -0.39 is 35.3 Å². The topological polar surface area (TPSA) is 121 Å². The molecule has 1 aliphatic heterocycles. The number of ether oxygens (including phenoxy) is 2. The summed E-state index contributed by atoms with van der Waals surface area (Å²) in [5, 5.41) is 7.15. The minimum Gasteiger partial charge on any atom is -0.447 e. The number of nitrogens with one attached hydrogen (secondary N) is 1. The molecular formula is C27H21F2N5O4. The highest BCUT2D eigenvalue weighted by Gasteiger charge is 2.51. The van der Waals surface area contributed by atoms with Crippen LogP contribution in [-0.2, 0) is 20.7 Å². The summed E-state index contributed by atoms with van der Waals surface area (Å²) in [5.74, 6) is -4.84. The zero-order valence-corrected chi connectivity index (χ0v) is 19.8. The van der Waals surface area contributed by atoms with E-state index in [1.165, 1.54) is 41.7 Å². The van der Waals surface area contributed by atoms with Gasteiger partial charge in [0, 0.05) is 30.4 Å². The highest BCUT2D eigenvalue weighted by molar-refractivity contribution is 5.98. The quantitative estimate of drug-likeness (QED) is 0.370. The predicted octanol–water partition coefficient (Wildman–Crippen LogP) is 3.25. The fourth-order valence-electron chi connectivity index (χ4n) is 4.16. The first-order chi connectivity index (χ1) is 18.4. The second kappa shape index (κ2) is 10.1. The molecule has 11 heteroatoms. The van der Waals surface area contributed by atoms with Crippen molar-refractivity contribution in [2.45, 2.75) is 18.2 Å². The molecule has 9 nitrogen and oxygen atoms in total. The van der Waals surface area contributed by atoms with Crippen molar-refractivity contribution in [1.82, 2.24) is 20.1 Å². The van der Waals surface area contributed by atoms with Gasteiger partial charge in [0.05, 0.1) is 11.3 Å². The van der Waals surface area contributed by atoms with E-state index in [0.29, 0.717) is 0 Å². The molecule has 3 heterocycles. The van der Waals surface area contributed by atoms with Gasteiger partial charge in [0.25, 0.3) is 5.91 Å².